The van der Waals surface area contributed by atoms with Crippen molar-refractivity contribution in [3.05, 3.63) is 14.5 Å². The summed E-state index contributed by atoms with van der Waals surface area (Å²) in [7, 11) is 0. The molecular weight excluding hydrogens is 193 g/mol. The normalized spacial score (nSPS) is 9.90. The molecule has 0 aliphatic rings. The summed E-state index contributed by atoms with van der Waals surface area (Å²) in [6, 6.07) is 0. The van der Waals surface area contributed by atoms with Crippen molar-refractivity contribution in [1.82, 2.24) is 4.98 Å². The van der Waals surface area contributed by atoms with Gasteiger partial charge in [-0.05, 0) is 0 Å². The number of Topliss-reactive ketones (excluding diaryl/α,β-unsaturated/α-hetero) is 1. The molecule has 10 heavy (non-hydrogen) atoms. The topological polar surface area (TPSA) is 30.0 Å². The molecule has 0 fully saturated rings. The SMILES string of the molecule is CC(=O)c1sc(Cl)nc1Cl. The Bertz CT molecular complexity index is 271. The number of carbonyl (C=O) groups excluding carboxylic acids is 1. The average Bonchev–Trinajstić information content (AvgIpc) is 2.10. The summed E-state index contributed by atoms with van der Waals surface area (Å²) >= 11 is 12.1. The highest BCUT2D eigenvalue weighted by Gasteiger charge is 2.10. The molecular formula is C5H3Cl2NOS. The van der Waals surface area contributed by atoms with Crippen molar-refractivity contribution in [3.8, 4) is 0 Å². The number of hydrogen-bond acceptors (Lipinski definition) is 3. The molecule has 1 rings (SSSR count). The van der Waals surface area contributed by atoms with E-state index in [2.05, 4.69) is 4.98 Å². The van der Waals surface area contributed by atoms with E-state index in [1.54, 1.807) is 0 Å². The zero-order chi connectivity index (χ0) is 7.72. The van der Waals surface area contributed by atoms with Gasteiger partial charge in [-0.2, -0.15) is 0 Å². The van der Waals surface area contributed by atoms with E-state index in [0.29, 0.717) is 9.34 Å². The maximum absolute atomic E-state index is 10.7. The van der Waals surface area contributed by atoms with Gasteiger partial charge in [-0.25, -0.2) is 4.98 Å². The number of aromatic nitrogens is 1. The number of rotatable bonds is 1. The molecule has 0 N–H and O–H groups in total. The van der Waals surface area contributed by atoms with Gasteiger partial charge >= 0.3 is 0 Å². The minimum absolute atomic E-state index is 0.102. The second-order valence-corrected chi connectivity index (χ2v) is 3.58. The maximum Gasteiger partial charge on any atom is 0.185 e. The van der Waals surface area contributed by atoms with E-state index in [4.69, 9.17) is 23.2 Å². The molecule has 0 saturated heterocycles. The molecule has 0 aliphatic heterocycles. The quantitative estimate of drug-likeness (QED) is 0.646. The second-order valence-electron chi connectivity index (χ2n) is 1.64. The summed E-state index contributed by atoms with van der Waals surface area (Å²) in [4.78, 5) is 14.8. The van der Waals surface area contributed by atoms with Crippen LogP contribution < -0.4 is 0 Å². The lowest BCUT2D eigenvalue weighted by atomic mass is 10.4. The number of thiazole rings is 1. The molecule has 0 unspecified atom stereocenters. The van der Waals surface area contributed by atoms with Gasteiger partial charge in [-0.3, -0.25) is 4.79 Å². The van der Waals surface area contributed by atoms with Crippen LogP contribution in [0.15, 0.2) is 0 Å². The summed E-state index contributed by atoms with van der Waals surface area (Å²) in [5.74, 6) is -0.102. The largest absolute Gasteiger partial charge is 0.293 e. The molecule has 0 saturated carbocycles. The van der Waals surface area contributed by atoms with E-state index < -0.39 is 0 Å². The molecule has 0 aromatic carbocycles. The molecule has 1 heterocycles. The fourth-order valence-corrected chi connectivity index (χ4v) is 1.82. The molecule has 54 valence electrons. The van der Waals surface area contributed by atoms with Gasteiger partial charge in [0.1, 0.15) is 4.88 Å². The monoisotopic (exact) mass is 195 g/mol. The minimum Gasteiger partial charge on any atom is -0.293 e. The predicted octanol–water partition coefficient (Wildman–Crippen LogP) is 2.65. The Morgan fingerprint density at radius 3 is 2.40 bits per heavy atom. The van der Waals surface area contributed by atoms with Crippen LogP contribution in [0, 0.1) is 0 Å². The molecule has 0 spiro atoms. The highest BCUT2D eigenvalue weighted by Crippen LogP contribution is 2.26. The lowest BCUT2D eigenvalue weighted by Gasteiger charge is -1.83. The standard InChI is InChI=1S/C5H3Cl2NOS/c1-2(9)3-4(6)8-5(7)10-3/h1H3. The first-order chi connectivity index (χ1) is 4.61. The van der Waals surface area contributed by atoms with Crippen LogP contribution in [0.3, 0.4) is 0 Å². The van der Waals surface area contributed by atoms with Gasteiger partial charge in [0.05, 0.1) is 0 Å². The molecule has 0 atom stereocenters. The van der Waals surface area contributed by atoms with Crippen LogP contribution in [0.25, 0.3) is 0 Å². The van der Waals surface area contributed by atoms with Gasteiger partial charge in [0.2, 0.25) is 0 Å². The summed E-state index contributed by atoms with van der Waals surface area (Å²) in [5, 5.41) is 0.197. The third-order valence-corrected chi connectivity index (χ3v) is 2.53. The third kappa shape index (κ3) is 1.48. The Morgan fingerprint density at radius 2 is 2.20 bits per heavy atom. The highest BCUT2D eigenvalue weighted by molar-refractivity contribution is 7.18. The molecule has 1 aromatic heterocycles. The van der Waals surface area contributed by atoms with Crippen LogP contribution in [0.5, 0.6) is 0 Å². The van der Waals surface area contributed by atoms with Crippen LogP contribution in [0.2, 0.25) is 9.62 Å². The van der Waals surface area contributed by atoms with Crippen molar-refractivity contribution in [3.63, 3.8) is 0 Å². The van der Waals surface area contributed by atoms with Crippen molar-refractivity contribution < 1.29 is 4.79 Å². The first-order valence-electron chi connectivity index (χ1n) is 2.44. The third-order valence-electron chi connectivity index (χ3n) is 0.879. The van der Waals surface area contributed by atoms with Gasteiger partial charge in [-0.1, -0.05) is 34.5 Å². The Morgan fingerprint density at radius 1 is 1.60 bits per heavy atom. The fraction of sp³-hybridized carbons (Fsp3) is 0.200. The zero-order valence-corrected chi connectivity index (χ0v) is 7.35. The molecule has 0 amide bonds. The summed E-state index contributed by atoms with van der Waals surface area (Å²) < 4.78 is 0.301. The van der Waals surface area contributed by atoms with Crippen LogP contribution in [0.4, 0.5) is 0 Å². The van der Waals surface area contributed by atoms with E-state index in [1.165, 1.54) is 6.92 Å². The predicted molar refractivity (Wildman–Crippen MR) is 42.1 cm³/mol. The van der Waals surface area contributed by atoms with Gasteiger partial charge in [0.25, 0.3) is 0 Å². The Balaban J connectivity index is 3.15. The molecule has 5 heteroatoms. The summed E-state index contributed by atoms with van der Waals surface area (Å²) in [6.45, 7) is 1.43. The summed E-state index contributed by atoms with van der Waals surface area (Å²) in [6.07, 6.45) is 0. The van der Waals surface area contributed by atoms with E-state index in [9.17, 15) is 4.79 Å². The van der Waals surface area contributed by atoms with Gasteiger partial charge < -0.3 is 0 Å². The second kappa shape index (κ2) is 2.86. The van der Waals surface area contributed by atoms with Crippen LogP contribution in [-0.4, -0.2) is 10.8 Å². The number of nitrogens with zero attached hydrogens (tertiary/aromatic N) is 1. The number of halogens is 2. The molecule has 0 radical (unpaired) electrons. The fourth-order valence-electron chi connectivity index (χ4n) is 0.494. The molecule has 0 bridgehead atoms. The van der Waals surface area contributed by atoms with E-state index in [-0.39, 0.29) is 10.9 Å². The number of hydrogen-bond donors (Lipinski definition) is 0. The van der Waals surface area contributed by atoms with Crippen LogP contribution in [0.1, 0.15) is 16.6 Å². The van der Waals surface area contributed by atoms with Crippen molar-refractivity contribution in [2.45, 2.75) is 6.92 Å². The van der Waals surface area contributed by atoms with E-state index in [1.807, 2.05) is 0 Å². The lowest BCUT2D eigenvalue weighted by Crippen LogP contribution is -1.86. The lowest BCUT2D eigenvalue weighted by molar-refractivity contribution is 0.102. The van der Waals surface area contributed by atoms with Crippen LogP contribution in [-0.2, 0) is 0 Å². The van der Waals surface area contributed by atoms with Crippen LogP contribution >= 0.6 is 34.5 Å². The van der Waals surface area contributed by atoms with Gasteiger partial charge in [-0.15, -0.1) is 0 Å². The van der Waals surface area contributed by atoms with Gasteiger partial charge in [0.15, 0.2) is 15.4 Å². The zero-order valence-electron chi connectivity index (χ0n) is 5.02. The Kier molecular flexibility index (Phi) is 2.28. The summed E-state index contributed by atoms with van der Waals surface area (Å²) in [5.41, 5.74) is 0. The Labute approximate surface area is 71.8 Å². The minimum atomic E-state index is -0.102. The first kappa shape index (κ1) is 7.98. The Hall–Kier alpha value is -0.120. The van der Waals surface area contributed by atoms with E-state index in [0.717, 1.165) is 11.3 Å². The smallest absolute Gasteiger partial charge is 0.185 e. The maximum atomic E-state index is 10.7. The van der Waals surface area contributed by atoms with Crippen molar-refractivity contribution in [2.24, 2.45) is 0 Å². The number of carbonyl (C=O) groups is 1. The molecule has 1 aromatic rings. The van der Waals surface area contributed by atoms with Crippen molar-refractivity contribution in [2.75, 3.05) is 0 Å². The van der Waals surface area contributed by atoms with Crippen molar-refractivity contribution >= 4 is 40.3 Å². The first-order valence-corrected chi connectivity index (χ1v) is 4.01. The van der Waals surface area contributed by atoms with E-state index >= 15 is 0 Å². The van der Waals surface area contributed by atoms with Crippen molar-refractivity contribution in [1.29, 1.82) is 0 Å². The highest BCUT2D eigenvalue weighted by atomic mass is 35.5. The molecule has 2 nitrogen and oxygen atoms in total. The number of ketones is 1. The molecule has 0 aliphatic carbocycles. The van der Waals surface area contributed by atoms with Gasteiger partial charge in [0, 0.05) is 6.92 Å². The average molecular weight is 196 g/mol.